The first-order chi connectivity index (χ1) is 28.7. The first kappa shape index (κ1) is 34.3. The van der Waals surface area contributed by atoms with E-state index in [4.69, 9.17) is 15.0 Å². The largest absolute Gasteiger partial charge is 0.381 e. The molecule has 5 aromatic carbocycles. The van der Waals surface area contributed by atoms with Gasteiger partial charge in [0.25, 0.3) is 0 Å². The van der Waals surface area contributed by atoms with Gasteiger partial charge in [-0.2, -0.15) is 0 Å². The minimum absolute atomic E-state index is 0.160. The molecule has 1 N–H and O–H groups in total. The molecule has 2 heterocycles. The van der Waals surface area contributed by atoms with Crippen molar-refractivity contribution in [3.8, 4) is 56.4 Å². The minimum Gasteiger partial charge on any atom is -0.381 e. The molecule has 0 radical (unpaired) electrons. The Bertz CT molecular complexity index is 2770. The van der Waals surface area contributed by atoms with Gasteiger partial charge in [0.05, 0.1) is 6.04 Å². The van der Waals surface area contributed by atoms with E-state index < -0.39 is 0 Å². The molecule has 11 rings (SSSR count). The molecule has 4 aliphatic carbocycles. The van der Waals surface area contributed by atoms with Crippen LogP contribution in [0.3, 0.4) is 0 Å². The zero-order valence-electron chi connectivity index (χ0n) is 32.2. The number of aromatic nitrogens is 3. The molecule has 58 heavy (non-hydrogen) atoms. The molecule has 0 spiro atoms. The Morgan fingerprint density at radius 2 is 1.14 bits per heavy atom. The maximum atomic E-state index is 5.22. The molecule has 1 aromatic heterocycles. The minimum atomic E-state index is 0.160. The van der Waals surface area contributed by atoms with Crippen LogP contribution in [0.25, 0.3) is 62.0 Å². The zero-order chi connectivity index (χ0) is 38.4. The second kappa shape index (κ2) is 14.5. The van der Waals surface area contributed by atoms with Crippen LogP contribution >= 0.6 is 0 Å². The summed E-state index contributed by atoms with van der Waals surface area (Å²) in [5.74, 6) is 3.87. The normalized spacial score (nSPS) is 21.2. The quantitative estimate of drug-likeness (QED) is 0.177. The number of nitrogens with zero attached hydrogens (tertiary/aromatic N) is 3. The van der Waals surface area contributed by atoms with E-state index in [1.54, 1.807) is 5.57 Å². The van der Waals surface area contributed by atoms with Crippen molar-refractivity contribution >= 4 is 5.57 Å². The molecular formula is C54H42N4. The monoisotopic (exact) mass is 746 g/mol. The van der Waals surface area contributed by atoms with Crippen LogP contribution in [0.4, 0.5) is 0 Å². The predicted octanol–water partition coefficient (Wildman–Crippen LogP) is 12.7. The average molecular weight is 747 g/mol. The van der Waals surface area contributed by atoms with Gasteiger partial charge < -0.3 is 5.32 Å². The van der Waals surface area contributed by atoms with E-state index >= 15 is 0 Å². The summed E-state index contributed by atoms with van der Waals surface area (Å²) in [6, 6.07) is 45.3. The summed E-state index contributed by atoms with van der Waals surface area (Å²) in [6.45, 7) is 0. The Morgan fingerprint density at radius 3 is 1.84 bits per heavy atom. The standard InChI is InChI=1S/C54H42N4/c1-3-10-35(11-4-1)46-32-47(36-17-21-38(22-18-36)49-16-7-8-29-55-49)34-48(33-46)54-57-52(41-12-5-2-6-13-41)56-53(58-54)42-25-19-37(20-26-42)45-30-43-27-23-39-14-9-15-40-24-28-44(31-45)51(43)50(39)40/h1-14,16-23,25-27,29-34,40,49-51,55H,15,24,28H2. The van der Waals surface area contributed by atoms with Crippen LogP contribution in [0, 0.1) is 17.8 Å². The number of allylic oxidation sites excluding steroid dienone is 12. The third-order valence-corrected chi connectivity index (χ3v) is 12.5. The van der Waals surface area contributed by atoms with Crippen LogP contribution in [-0.4, -0.2) is 15.0 Å². The second-order valence-corrected chi connectivity index (χ2v) is 16.0. The Labute approximate surface area is 340 Å². The van der Waals surface area contributed by atoms with E-state index in [2.05, 4.69) is 163 Å². The Morgan fingerprint density at radius 1 is 0.534 bits per heavy atom. The van der Waals surface area contributed by atoms with Crippen molar-refractivity contribution in [1.29, 1.82) is 0 Å². The maximum Gasteiger partial charge on any atom is 0.164 e. The number of dihydropyridines is 1. The maximum absolute atomic E-state index is 5.22. The molecule has 4 heteroatoms. The smallest absolute Gasteiger partial charge is 0.164 e. The van der Waals surface area contributed by atoms with Crippen molar-refractivity contribution in [2.75, 3.05) is 0 Å². The summed E-state index contributed by atoms with van der Waals surface area (Å²) >= 11 is 0. The summed E-state index contributed by atoms with van der Waals surface area (Å²) < 4.78 is 0. The lowest BCUT2D eigenvalue weighted by molar-refractivity contribution is 0.258. The molecule has 0 bridgehead atoms. The van der Waals surface area contributed by atoms with Gasteiger partial charge in [-0.05, 0) is 112 Å². The summed E-state index contributed by atoms with van der Waals surface area (Å²) in [5.41, 5.74) is 15.6. The van der Waals surface area contributed by atoms with Gasteiger partial charge in [-0.1, -0.05) is 163 Å². The highest BCUT2D eigenvalue weighted by molar-refractivity contribution is 5.82. The van der Waals surface area contributed by atoms with E-state index in [0.717, 1.165) is 44.9 Å². The number of benzene rings is 5. The SMILES string of the molecule is C1=CNC(c2ccc(-c3cc(-c4ccccc4)cc(-c4nc(-c5ccccc5)nc(-c5ccc(C6=CC7=CC=C8C=CCC9CCC(=C6)C7C89)cc5)n4)c3)cc2)C=C1. The van der Waals surface area contributed by atoms with E-state index in [1.165, 1.54) is 47.1 Å². The van der Waals surface area contributed by atoms with Crippen LogP contribution in [0.2, 0.25) is 0 Å². The van der Waals surface area contributed by atoms with Crippen molar-refractivity contribution in [3.05, 3.63) is 216 Å². The fraction of sp³-hybridized carbons (Fsp3) is 0.130. The van der Waals surface area contributed by atoms with Gasteiger partial charge in [-0.25, -0.2) is 15.0 Å². The highest BCUT2D eigenvalue weighted by atomic mass is 15.0. The molecule has 0 saturated heterocycles. The Balaban J connectivity index is 0.979. The summed E-state index contributed by atoms with van der Waals surface area (Å²) in [6.07, 6.45) is 26.3. The fourth-order valence-electron chi connectivity index (χ4n) is 9.60. The van der Waals surface area contributed by atoms with Gasteiger partial charge >= 0.3 is 0 Å². The van der Waals surface area contributed by atoms with Crippen molar-refractivity contribution in [2.45, 2.75) is 25.3 Å². The van der Waals surface area contributed by atoms with Crippen LogP contribution < -0.4 is 5.32 Å². The van der Waals surface area contributed by atoms with Crippen molar-refractivity contribution in [1.82, 2.24) is 20.3 Å². The molecule has 4 nitrogen and oxygen atoms in total. The lowest BCUT2D eigenvalue weighted by atomic mass is 9.58. The van der Waals surface area contributed by atoms with E-state index in [-0.39, 0.29) is 6.04 Å². The molecule has 4 unspecified atom stereocenters. The predicted molar refractivity (Wildman–Crippen MR) is 237 cm³/mol. The number of hydrogen-bond acceptors (Lipinski definition) is 4. The highest BCUT2D eigenvalue weighted by Gasteiger charge is 2.42. The van der Waals surface area contributed by atoms with Gasteiger partial charge in [0, 0.05) is 22.6 Å². The number of hydrogen-bond donors (Lipinski definition) is 1. The molecule has 1 fully saturated rings. The van der Waals surface area contributed by atoms with E-state index in [1.807, 2.05) is 30.5 Å². The first-order valence-electron chi connectivity index (χ1n) is 20.5. The first-order valence-corrected chi connectivity index (χ1v) is 20.5. The fourth-order valence-corrected chi connectivity index (χ4v) is 9.60. The molecule has 6 aromatic rings. The molecule has 4 atom stereocenters. The zero-order valence-corrected chi connectivity index (χ0v) is 32.2. The summed E-state index contributed by atoms with van der Waals surface area (Å²) in [5, 5.41) is 3.44. The van der Waals surface area contributed by atoms with Crippen LogP contribution in [0.1, 0.15) is 36.4 Å². The molecular weight excluding hydrogens is 705 g/mol. The van der Waals surface area contributed by atoms with Crippen LogP contribution in [0.15, 0.2) is 205 Å². The average Bonchev–Trinajstić information content (AvgIpc) is 3.31. The van der Waals surface area contributed by atoms with Gasteiger partial charge in [-0.3, -0.25) is 0 Å². The van der Waals surface area contributed by atoms with Crippen molar-refractivity contribution < 1.29 is 0 Å². The molecule has 5 aliphatic rings. The summed E-state index contributed by atoms with van der Waals surface area (Å²) in [4.78, 5) is 15.5. The lowest BCUT2D eigenvalue weighted by Crippen LogP contribution is -2.35. The van der Waals surface area contributed by atoms with Crippen molar-refractivity contribution in [2.24, 2.45) is 17.8 Å². The van der Waals surface area contributed by atoms with Gasteiger partial charge in [0.2, 0.25) is 0 Å². The van der Waals surface area contributed by atoms with Crippen LogP contribution in [-0.2, 0) is 0 Å². The van der Waals surface area contributed by atoms with Gasteiger partial charge in [0.1, 0.15) is 0 Å². The third kappa shape index (κ3) is 6.41. The highest BCUT2D eigenvalue weighted by Crippen LogP contribution is 2.53. The number of nitrogens with one attached hydrogen (secondary N) is 1. The number of rotatable bonds is 7. The van der Waals surface area contributed by atoms with Gasteiger partial charge in [-0.15, -0.1) is 0 Å². The van der Waals surface area contributed by atoms with Gasteiger partial charge in [0.15, 0.2) is 17.5 Å². The molecule has 0 amide bonds. The Hall–Kier alpha value is -6.91. The summed E-state index contributed by atoms with van der Waals surface area (Å²) in [7, 11) is 0. The van der Waals surface area contributed by atoms with Crippen molar-refractivity contribution in [3.63, 3.8) is 0 Å². The molecule has 1 saturated carbocycles. The molecule has 1 aliphatic heterocycles. The third-order valence-electron chi connectivity index (χ3n) is 12.5. The van der Waals surface area contributed by atoms with E-state index in [9.17, 15) is 0 Å². The van der Waals surface area contributed by atoms with E-state index in [0.29, 0.717) is 29.3 Å². The lowest BCUT2D eigenvalue weighted by Gasteiger charge is -2.46. The second-order valence-electron chi connectivity index (χ2n) is 16.0. The Kier molecular flexibility index (Phi) is 8.62. The molecule has 278 valence electrons. The topological polar surface area (TPSA) is 50.7 Å². The van der Waals surface area contributed by atoms with Crippen LogP contribution in [0.5, 0.6) is 0 Å².